The first-order valence-electron chi connectivity index (χ1n) is 8.61. The van der Waals surface area contributed by atoms with Gasteiger partial charge < -0.3 is 4.74 Å². The van der Waals surface area contributed by atoms with Crippen LogP contribution in [-0.2, 0) is 6.61 Å². The molecule has 24 heavy (non-hydrogen) atoms. The third kappa shape index (κ3) is 5.64. The number of rotatable bonds is 6. The van der Waals surface area contributed by atoms with Crippen molar-refractivity contribution in [2.45, 2.75) is 45.1 Å². The molecule has 0 unspecified atom stereocenters. The largest absolute Gasteiger partial charge is 2.00 e. The van der Waals surface area contributed by atoms with Crippen LogP contribution in [0.4, 0.5) is 0 Å². The fourth-order valence-electron chi connectivity index (χ4n) is 3.25. The summed E-state index contributed by atoms with van der Waals surface area (Å²) in [6.07, 6.45) is 7.02. The summed E-state index contributed by atoms with van der Waals surface area (Å²) in [4.78, 5) is 12.4. The van der Waals surface area contributed by atoms with Crippen molar-refractivity contribution in [3.8, 4) is 5.75 Å². The van der Waals surface area contributed by atoms with Gasteiger partial charge in [-0.2, -0.15) is 0 Å². The molecule has 1 fully saturated rings. The molecule has 0 atom stereocenters. The van der Waals surface area contributed by atoms with E-state index < -0.39 is 0 Å². The molecule has 2 aromatic carbocycles. The number of ketones is 1. The Morgan fingerprint density at radius 1 is 0.917 bits per heavy atom. The average molecular weight is 333 g/mol. The van der Waals surface area contributed by atoms with E-state index >= 15 is 0 Å². The maximum atomic E-state index is 12.4. The van der Waals surface area contributed by atoms with E-state index in [1.807, 2.05) is 54.6 Å². The molecular formula is C21H24MgO2+2. The maximum Gasteiger partial charge on any atom is 2.00 e. The first-order chi connectivity index (χ1) is 11.3. The predicted molar refractivity (Wildman–Crippen MR) is 98.5 cm³/mol. The number of benzene rings is 2. The Morgan fingerprint density at radius 2 is 1.58 bits per heavy atom. The van der Waals surface area contributed by atoms with Gasteiger partial charge in [-0.1, -0.05) is 62.4 Å². The van der Waals surface area contributed by atoms with Crippen LogP contribution in [0.25, 0.3) is 0 Å². The summed E-state index contributed by atoms with van der Waals surface area (Å²) >= 11 is 0. The Kier molecular flexibility index (Phi) is 7.80. The van der Waals surface area contributed by atoms with Gasteiger partial charge in [0, 0.05) is 12.0 Å². The molecule has 1 aliphatic rings. The van der Waals surface area contributed by atoms with Crippen molar-refractivity contribution in [3.63, 3.8) is 0 Å². The van der Waals surface area contributed by atoms with Gasteiger partial charge in [0.1, 0.15) is 12.4 Å². The minimum atomic E-state index is 0. The smallest absolute Gasteiger partial charge is 0.489 e. The third-order valence-electron chi connectivity index (χ3n) is 4.62. The molecule has 1 aliphatic carbocycles. The van der Waals surface area contributed by atoms with Crippen LogP contribution >= 0.6 is 0 Å². The van der Waals surface area contributed by atoms with E-state index in [1.54, 1.807) is 0 Å². The zero-order valence-electron chi connectivity index (χ0n) is 14.2. The zero-order valence-corrected chi connectivity index (χ0v) is 15.7. The van der Waals surface area contributed by atoms with Crippen LogP contribution in [0, 0.1) is 5.92 Å². The van der Waals surface area contributed by atoms with Crippen LogP contribution in [0.2, 0.25) is 0 Å². The Morgan fingerprint density at radius 3 is 2.25 bits per heavy atom. The molecular weight excluding hydrogens is 309 g/mol. The second-order valence-corrected chi connectivity index (χ2v) is 6.43. The van der Waals surface area contributed by atoms with Crippen LogP contribution < -0.4 is 4.74 Å². The zero-order chi connectivity index (χ0) is 15.9. The van der Waals surface area contributed by atoms with Crippen LogP contribution in [0.3, 0.4) is 0 Å². The summed E-state index contributed by atoms with van der Waals surface area (Å²) in [5.41, 5.74) is 1.95. The molecule has 0 spiro atoms. The minimum absolute atomic E-state index is 0. The SMILES string of the molecule is O=C(CC1CCCCC1)c1ccc(OCc2ccccc2)cc1.[Mg+2]. The number of carbonyl (C=O) groups excluding carboxylic acids is 1. The molecule has 0 bridgehead atoms. The summed E-state index contributed by atoms with van der Waals surface area (Å²) in [6.45, 7) is 0.552. The molecule has 1 saturated carbocycles. The molecule has 0 aliphatic heterocycles. The van der Waals surface area contributed by atoms with Crippen molar-refractivity contribution < 1.29 is 9.53 Å². The van der Waals surface area contributed by atoms with Gasteiger partial charge >= 0.3 is 23.1 Å². The molecule has 0 saturated heterocycles. The molecule has 0 heterocycles. The van der Waals surface area contributed by atoms with E-state index in [2.05, 4.69) is 0 Å². The second-order valence-electron chi connectivity index (χ2n) is 6.43. The van der Waals surface area contributed by atoms with Crippen molar-refractivity contribution in [2.24, 2.45) is 5.92 Å². The van der Waals surface area contributed by atoms with Gasteiger partial charge in [0.15, 0.2) is 5.78 Å². The first kappa shape index (κ1) is 19.0. The molecule has 0 N–H and O–H groups in total. The Hall–Kier alpha value is -1.32. The number of Topliss-reactive ketones (excluding diaryl/α,β-unsaturated/α-hetero) is 1. The molecule has 3 heteroatoms. The number of carbonyl (C=O) groups is 1. The van der Waals surface area contributed by atoms with Crippen molar-refractivity contribution in [2.75, 3.05) is 0 Å². The normalized spacial score (nSPS) is 14.7. The van der Waals surface area contributed by atoms with Gasteiger partial charge in [-0.05, 0) is 35.7 Å². The summed E-state index contributed by atoms with van der Waals surface area (Å²) in [7, 11) is 0. The quantitative estimate of drug-likeness (QED) is 0.547. The summed E-state index contributed by atoms with van der Waals surface area (Å²) in [5.74, 6) is 1.67. The van der Waals surface area contributed by atoms with E-state index in [0.29, 0.717) is 18.9 Å². The third-order valence-corrected chi connectivity index (χ3v) is 4.62. The number of ether oxygens (including phenoxy) is 1. The maximum absolute atomic E-state index is 12.4. The van der Waals surface area contributed by atoms with Crippen LogP contribution in [0.1, 0.15) is 54.4 Å². The van der Waals surface area contributed by atoms with Crippen molar-refractivity contribution in [1.82, 2.24) is 0 Å². The van der Waals surface area contributed by atoms with E-state index in [-0.39, 0.29) is 28.8 Å². The summed E-state index contributed by atoms with van der Waals surface area (Å²) in [5, 5.41) is 0. The van der Waals surface area contributed by atoms with E-state index in [9.17, 15) is 4.79 Å². The summed E-state index contributed by atoms with van der Waals surface area (Å²) in [6, 6.07) is 17.7. The first-order valence-corrected chi connectivity index (χ1v) is 8.61. The topological polar surface area (TPSA) is 26.3 Å². The fraction of sp³-hybridized carbons (Fsp3) is 0.381. The van der Waals surface area contributed by atoms with Gasteiger partial charge in [0.05, 0.1) is 0 Å². The molecule has 2 aromatic rings. The van der Waals surface area contributed by atoms with Crippen LogP contribution in [0.15, 0.2) is 54.6 Å². The minimum Gasteiger partial charge on any atom is -0.489 e. The van der Waals surface area contributed by atoms with Gasteiger partial charge in [-0.15, -0.1) is 0 Å². The van der Waals surface area contributed by atoms with Crippen LogP contribution in [0.5, 0.6) is 5.75 Å². The molecule has 120 valence electrons. The van der Waals surface area contributed by atoms with Crippen molar-refractivity contribution >= 4 is 28.8 Å². The molecule has 0 aromatic heterocycles. The molecule has 2 nitrogen and oxygen atoms in total. The average Bonchev–Trinajstić information content (AvgIpc) is 2.62. The van der Waals surface area contributed by atoms with Gasteiger partial charge in [-0.25, -0.2) is 0 Å². The Balaban J connectivity index is 0.00000208. The molecule has 3 rings (SSSR count). The summed E-state index contributed by atoms with van der Waals surface area (Å²) < 4.78 is 5.77. The number of hydrogen-bond acceptors (Lipinski definition) is 2. The van der Waals surface area contributed by atoms with E-state index in [1.165, 1.54) is 32.1 Å². The van der Waals surface area contributed by atoms with Gasteiger partial charge in [0.25, 0.3) is 0 Å². The monoisotopic (exact) mass is 332 g/mol. The predicted octanol–water partition coefficient (Wildman–Crippen LogP) is 5.04. The van der Waals surface area contributed by atoms with Crippen molar-refractivity contribution in [1.29, 1.82) is 0 Å². The van der Waals surface area contributed by atoms with E-state index in [0.717, 1.165) is 16.9 Å². The van der Waals surface area contributed by atoms with Crippen molar-refractivity contribution in [3.05, 3.63) is 65.7 Å². The van der Waals surface area contributed by atoms with Crippen LogP contribution in [-0.4, -0.2) is 28.8 Å². The Labute approximate surface area is 160 Å². The van der Waals surface area contributed by atoms with E-state index in [4.69, 9.17) is 4.74 Å². The van der Waals surface area contributed by atoms with Gasteiger partial charge in [0.2, 0.25) is 0 Å². The van der Waals surface area contributed by atoms with Gasteiger partial charge in [-0.3, -0.25) is 4.79 Å². The Bertz CT molecular complexity index is 616. The molecule has 0 amide bonds. The second kappa shape index (κ2) is 9.85. The molecule has 0 radical (unpaired) electrons. The number of hydrogen-bond donors (Lipinski definition) is 0. The fourth-order valence-corrected chi connectivity index (χ4v) is 3.25. The standard InChI is InChI=1S/C21H24O2.Mg/c22-21(15-17-7-3-1-4-8-17)19-11-13-20(14-12-19)23-16-18-9-5-2-6-10-18;/h2,5-6,9-14,17H,1,3-4,7-8,15-16H2;/q;+2.